The molecule has 1 fully saturated rings. The molecule has 0 spiro atoms. The first-order chi connectivity index (χ1) is 11.6. The number of nitrogens with zero attached hydrogens (tertiary/aromatic N) is 2. The van der Waals surface area contributed by atoms with Gasteiger partial charge in [0.25, 0.3) is 0 Å². The number of anilines is 2. The largest absolute Gasteiger partial charge is 0.497 e. The van der Waals surface area contributed by atoms with E-state index in [1.165, 1.54) is 0 Å². The van der Waals surface area contributed by atoms with Crippen LogP contribution in [0.2, 0.25) is 0 Å². The fourth-order valence-electron chi connectivity index (χ4n) is 2.90. The lowest BCUT2D eigenvalue weighted by Gasteiger charge is -2.30. The number of thiazole rings is 1. The van der Waals surface area contributed by atoms with Crippen molar-refractivity contribution in [3.05, 3.63) is 35.3 Å². The number of carbonyl (C=O) groups is 1. The minimum atomic E-state index is -0.195. The van der Waals surface area contributed by atoms with Crippen LogP contribution >= 0.6 is 11.3 Å². The number of carbonyl (C=O) groups excluding carboxylic acids is 1. The van der Waals surface area contributed by atoms with Gasteiger partial charge in [0.2, 0.25) is 5.91 Å². The zero-order valence-electron chi connectivity index (χ0n) is 13.7. The van der Waals surface area contributed by atoms with Crippen LogP contribution < -0.4 is 15.8 Å². The van der Waals surface area contributed by atoms with Crippen molar-refractivity contribution in [2.24, 2.45) is 11.7 Å². The number of nitrogens with one attached hydrogen (secondary N) is 1. The van der Waals surface area contributed by atoms with E-state index in [1.54, 1.807) is 18.4 Å². The molecule has 1 aromatic carbocycles. The molecule has 2 heterocycles. The fraction of sp³-hybridized carbons (Fsp3) is 0.412. The van der Waals surface area contributed by atoms with Crippen LogP contribution in [0.3, 0.4) is 0 Å². The molecule has 1 aromatic heterocycles. The molecule has 1 aliphatic rings. The SMILES string of the molecule is COc1ccc(Nc2nc(CN3CCC[C@@H](C(N)=O)C3)cs2)cc1. The van der Waals surface area contributed by atoms with E-state index in [9.17, 15) is 4.79 Å². The lowest BCUT2D eigenvalue weighted by Crippen LogP contribution is -2.40. The molecule has 0 unspecified atom stereocenters. The molecule has 7 heteroatoms. The van der Waals surface area contributed by atoms with Gasteiger partial charge in [-0.15, -0.1) is 11.3 Å². The number of aromatic nitrogens is 1. The average Bonchev–Trinajstić information content (AvgIpc) is 3.02. The molecule has 6 nitrogen and oxygen atoms in total. The van der Waals surface area contributed by atoms with Crippen molar-refractivity contribution in [2.75, 3.05) is 25.5 Å². The van der Waals surface area contributed by atoms with Gasteiger partial charge in [0.05, 0.1) is 18.7 Å². The second-order valence-corrected chi connectivity index (χ2v) is 6.83. The van der Waals surface area contributed by atoms with Gasteiger partial charge in [-0.2, -0.15) is 0 Å². The second kappa shape index (κ2) is 7.63. The summed E-state index contributed by atoms with van der Waals surface area (Å²) in [6, 6.07) is 7.74. The molecule has 0 bridgehead atoms. The number of nitrogens with two attached hydrogens (primary N) is 1. The summed E-state index contributed by atoms with van der Waals surface area (Å²) in [7, 11) is 1.65. The van der Waals surface area contributed by atoms with Crippen LogP contribution in [0.5, 0.6) is 5.75 Å². The highest BCUT2D eigenvalue weighted by atomic mass is 32.1. The molecular formula is C17H22N4O2S. The highest BCUT2D eigenvalue weighted by molar-refractivity contribution is 7.13. The number of hydrogen-bond donors (Lipinski definition) is 2. The van der Waals surface area contributed by atoms with Gasteiger partial charge in [-0.25, -0.2) is 4.98 Å². The molecule has 3 rings (SSSR count). The lowest BCUT2D eigenvalue weighted by molar-refractivity contribution is -0.123. The predicted molar refractivity (Wildman–Crippen MR) is 95.6 cm³/mol. The Morgan fingerprint density at radius 1 is 1.46 bits per heavy atom. The van der Waals surface area contributed by atoms with Crippen LogP contribution in [0, 0.1) is 5.92 Å². The Bertz CT molecular complexity index is 686. The number of amides is 1. The van der Waals surface area contributed by atoms with E-state index in [0.29, 0.717) is 0 Å². The molecule has 3 N–H and O–H groups in total. The molecule has 1 amide bonds. The van der Waals surface area contributed by atoms with Gasteiger partial charge in [-0.3, -0.25) is 9.69 Å². The van der Waals surface area contributed by atoms with Crippen LogP contribution in [0.25, 0.3) is 0 Å². The zero-order chi connectivity index (χ0) is 16.9. The van der Waals surface area contributed by atoms with Gasteiger partial charge in [0.15, 0.2) is 5.13 Å². The summed E-state index contributed by atoms with van der Waals surface area (Å²) in [5, 5.41) is 6.21. The summed E-state index contributed by atoms with van der Waals surface area (Å²) in [6.07, 6.45) is 1.90. The summed E-state index contributed by atoms with van der Waals surface area (Å²) in [6.45, 7) is 2.47. The third kappa shape index (κ3) is 4.24. The molecule has 128 valence electrons. The molecule has 1 saturated heterocycles. The molecule has 0 aliphatic carbocycles. The average molecular weight is 346 g/mol. The number of benzene rings is 1. The van der Waals surface area contributed by atoms with Gasteiger partial charge in [0.1, 0.15) is 5.75 Å². The molecule has 24 heavy (non-hydrogen) atoms. The number of methoxy groups -OCH3 is 1. The zero-order valence-corrected chi connectivity index (χ0v) is 14.5. The van der Waals surface area contributed by atoms with E-state index in [0.717, 1.165) is 54.7 Å². The van der Waals surface area contributed by atoms with Crippen LogP contribution in [0.1, 0.15) is 18.5 Å². The van der Waals surface area contributed by atoms with E-state index >= 15 is 0 Å². The van der Waals surface area contributed by atoms with Gasteiger partial charge in [-0.1, -0.05) is 0 Å². The standard InChI is InChI=1S/C17H22N4O2S/c1-23-15-6-4-13(5-7-15)19-17-20-14(11-24-17)10-21-8-2-3-12(9-21)16(18)22/h4-7,11-12H,2-3,8-10H2,1H3,(H2,18,22)(H,19,20)/t12-/m1/s1. The summed E-state index contributed by atoms with van der Waals surface area (Å²) >= 11 is 1.58. The Labute approximate surface area is 145 Å². The maximum absolute atomic E-state index is 11.4. The quantitative estimate of drug-likeness (QED) is 0.840. The third-order valence-corrected chi connectivity index (χ3v) is 4.99. The second-order valence-electron chi connectivity index (χ2n) is 5.97. The monoisotopic (exact) mass is 346 g/mol. The molecule has 1 atom stereocenters. The van der Waals surface area contributed by atoms with Crippen LogP contribution in [0.15, 0.2) is 29.6 Å². The van der Waals surface area contributed by atoms with Crippen LogP contribution in [-0.2, 0) is 11.3 Å². The first kappa shape index (κ1) is 16.7. The number of likely N-dealkylation sites (tertiary alicyclic amines) is 1. The minimum Gasteiger partial charge on any atom is -0.497 e. The van der Waals surface area contributed by atoms with Crippen LogP contribution in [0.4, 0.5) is 10.8 Å². The predicted octanol–water partition coefficient (Wildman–Crippen LogP) is 2.59. The van der Waals surface area contributed by atoms with Crippen molar-refractivity contribution in [3.8, 4) is 5.75 Å². The Hall–Kier alpha value is -2.12. The van der Waals surface area contributed by atoms with Gasteiger partial charge in [-0.05, 0) is 43.7 Å². The smallest absolute Gasteiger partial charge is 0.221 e. The fourth-order valence-corrected chi connectivity index (χ4v) is 3.62. The van der Waals surface area contributed by atoms with E-state index in [4.69, 9.17) is 10.5 Å². The van der Waals surface area contributed by atoms with E-state index in [2.05, 4.69) is 20.6 Å². The topological polar surface area (TPSA) is 80.5 Å². The van der Waals surface area contributed by atoms with E-state index in [1.807, 2.05) is 24.3 Å². The van der Waals surface area contributed by atoms with Crippen molar-refractivity contribution >= 4 is 28.1 Å². The summed E-state index contributed by atoms with van der Waals surface area (Å²) in [5.41, 5.74) is 7.43. The third-order valence-electron chi connectivity index (χ3n) is 4.19. The first-order valence-corrected chi connectivity index (χ1v) is 8.89. The van der Waals surface area contributed by atoms with Crippen molar-refractivity contribution in [3.63, 3.8) is 0 Å². The number of ether oxygens (including phenoxy) is 1. The molecule has 0 saturated carbocycles. The van der Waals surface area contributed by atoms with Crippen molar-refractivity contribution in [1.29, 1.82) is 0 Å². The summed E-state index contributed by atoms with van der Waals surface area (Å²) in [4.78, 5) is 18.3. The lowest BCUT2D eigenvalue weighted by atomic mass is 9.97. The number of hydrogen-bond acceptors (Lipinski definition) is 6. The van der Waals surface area contributed by atoms with Gasteiger partial charge in [0, 0.05) is 24.2 Å². The number of rotatable bonds is 6. The summed E-state index contributed by atoms with van der Waals surface area (Å²) < 4.78 is 5.15. The Kier molecular flexibility index (Phi) is 5.32. The highest BCUT2D eigenvalue weighted by Crippen LogP contribution is 2.24. The van der Waals surface area contributed by atoms with Crippen LogP contribution in [-0.4, -0.2) is 36.0 Å². The molecule has 1 aliphatic heterocycles. The highest BCUT2D eigenvalue weighted by Gasteiger charge is 2.24. The summed E-state index contributed by atoms with van der Waals surface area (Å²) in [5.74, 6) is 0.601. The minimum absolute atomic E-state index is 0.0331. The Balaban J connectivity index is 1.57. The van der Waals surface area contributed by atoms with Gasteiger partial charge < -0.3 is 15.8 Å². The first-order valence-electron chi connectivity index (χ1n) is 8.01. The van der Waals surface area contributed by atoms with Crippen molar-refractivity contribution in [1.82, 2.24) is 9.88 Å². The molecule has 0 radical (unpaired) electrons. The number of piperidine rings is 1. The molecule has 2 aromatic rings. The Morgan fingerprint density at radius 3 is 2.96 bits per heavy atom. The maximum atomic E-state index is 11.4. The van der Waals surface area contributed by atoms with Crippen molar-refractivity contribution in [2.45, 2.75) is 19.4 Å². The van der Waals surface area contributed by atoms with Crippen molar-refractivity contribution < 1.29 is 9.53 Å². The molecular weight excluding hydrogens is 324 g/mol. The van der Waals surface area contributed by atoms with E-state index in [-0.39, 0.29) is 11.8 Å². The Morgan fingerprint density at radius 2 is 2.25 bits per heavy atom. The maximum Gasteiger partial charge on any atom is 0.221 e. The number of primary amides is 1. The van der Waals surface area contributed by atoms with Gasteiger partial charge >= 0.3 is 0 Å². The normalized spacial score (nSPS) is 18.3. The van der Waals surface area contributed by atoms with E-state index < -0.39 is 0 Å².